The van der Waals surface area contributed by atoms with Crippen LogP contribution in [0, 0.1) is 12.8 Å². The fourth-order valence-corrected chi connectivity index (χ4v) is 6.77. The molecule has 38 heavy (non-hydrogen) atoms. The number of benzene rings is 1. The molecule has 0 saturated heterocycles. The summed E-state index contributed by atoms with van der Waals surface area (Å²) in [5, 5.41) is 22.7. The zero-order valence-corrected chi connectivity index (χ0v) is 22.9. The molecule has 13 heteroatoms. The van der Waals surface area contributed by atoms with Crippen LogP contribution in [0.5, 0.6) is 0 Å². The highest BCUT2D eigenvalue weighted by molar-refractivity contribution is 7.84. The molecule has 1 aliphatic heterocycles. The zero-order valence-electron chi connectivity index (χ0n) is 20.6. The van der Waals surface area contributed by atoms with Crippen LogP contribution in [0.1, 0.15) is 55.7 Å². The lowest BCUT2D eigenvalue weighted by molar-refractivity contribution is 0.101. The van der Waals surface area contributed by atoms with E-state index in [0.29, 0.717) is 34.1 Å². The van der Waals surface area contributed by atoms with Gasteiger partial charge < -0.3 is 15.7 Å². The number of ketones is 1. The summed E-state index contributed by atoms with van der Waals surface area (Å²) in [7, 11) is -4.10. The van der Waals surface area contributed by atoms with Crippen LogP contribution in [0.2, 0.25) is 5.02 Å². The standard InChI is InChI=1S/C25H28ClN5O5S2/c1-13-18(23-19-7-16(26)3-2-14(19)4-5-29-23)9-22(37-13)24(33)20-10-28-12-30-25(20)31-17-6-15(21(32)8-17)11-36-38(27,34)35/h2-3,7,9-10,12,15,17,21,23,29,32H,4-6,8,11H2,1H3,(H2,27,34,35)(H,28,30,31)/t15-,17-,21+,23-/m1/s1. The van der Waals surface area contributed by atoms with Crippen molar-refractivity contribution in [2.24, 2.45) is 11.1 Å². The number of thiophene rings is 1. The van der Waals surface area contributed by atoms with Crippen molar-refractivity contribution in [3.05, 3.63) is 73.8 Å². The van der Waals surface area contributed by atoms with Gasteiger partial charge in [-0.2, -0.15) is 8.42 Å². The van der Waals surface area contributed by atoms with Crippen molar-refractivity contribution in [2.75, 3.05) is 18.5 Å². The average molecular weight is 578 g/mol. The molecule has 4 atom stereocenters. The number of fused-ring (bicyclic) bond motifs is 1. The average Bonchev–Trinajstić information content (AvgIpc) is 3.43. The van der Waals surface area contributed by atoms with Gasteiger partial charge in [-0.25, -0.2) is 15.1 Å². The molecular formula is C25H28ClN5O5S2. The molecule has 3 heterocycles. The number of nitrogens with one attached hydrogen (secondary N) is 2. The topological polar surface area (TPSA) is 157 Å². The largest absolute Gasteiger partial charge is 0.393 e. The molecule has 0 bridgehead atoms. The third-order valence-corrected chi connectivity index (χ3v) is 8.82. The number of aryl methyl sites for hydroxylation is 1. The third-order valence-electron chi connectivity index (χ3n) is 7.05. The number of carbonyl (C=O) groups excluding carboxylic acids is 1. The molecule has 2 aliphatic rings. The Morgan fingerprint density at radius 1 is 1.32 bits per heavy atom. The number of halogens is 1. The number of aromatic nitrogens is 2. The minimum absolute atomic E-state index is 0.0590. The van der Waals surface area contributed by atoms with Crippen molar-refractivity contribution in [2.45, 2.75) is 44.4 Å². The number of aliphatic hydroxyl groups is 1. The van der Waals surface area contributed by atoms with Crippen LogP contribution in [0.4, 0.5) is 5.82 Å². The van der Waals surface area contributed by atoms with Crippen molar-refractivity contribution in [1.29, 1.82) is 0 Å². The molecule has 1 saturated carbocycles. The van der Waals surface area contributed by atoms with Crippen molar-refractivity contribution in [3.8, 4) is 0 Å². The van der Waals surface area contributed by atoms with E-state index in [1.807, 2.05) is 25.1 Å². The number of hydrogen-bond acceptors (Lipinski definition) is 10. The molecule has 0 amide bonds. The predicted molar refractivity (Wildman–Crippen MR) is 145 cm³/mol. The monoisotopic (exact) mass is 577 g/mol. The summed E-state index contributed by atoms with van der Waals surface area (Å²) in [5.74, 6) is -0.272. The molecule has 1 aliphatic carbocycles. The lowest BCUT2D eigenvalue weighted by Crippen LogP contribution is -2.30. The third kappa shape index (κ3) is 5.91. The Kier molecular flexibility index (Phi) is 7.83. The van der Waals surface area contributed by atoms with Gasteiger partial charge >= 0.3 is 10.3 Å². The molecule has 0 radical (unpaired) electrons. The number of hydrogen-bond donors (Lipinski definition) is 4. The number of nitrogens with two attached hydrogens (primary N) is 1. The Morgan fingerprint density at radius 3 is 2.92 bits per heavy atom. The molecule has 5 rings (SSSR count). The first-order valence-corrected chi connectivity index (χ1v) is 14.8. The molecule has 0 unspecified atom stereocenters. The SMILES string of the molecule is Cc1sc(C(=O)c2cncnc2N[C@@H]2C[C@H](COS(N)(=O)=O)[C@@H](O)C2)cc1[C@H]1NCCc2ccc(Cl)cc21. The molecule has 5 N–H and O–H groups in total. The molecule has 10 nitrogen and oxygen atoms in total. The van der Waals surface area contributed by atoms with E-state index in [4.69, 9.17) is 16.7 Å². The van der Waals surface area contributed by atoms with Gasteiger partial charge in [-0.05, 0) is 61.1 Å². The first-order valence-electron chi connectivity index (χ1n) is 12.2. The fourth-order valence-electron chi connectivity index (χ4n) is 5.21. The van der Waals surface area contributed by atoms with E-state index in [1.54, 1.807) is 0 Å². The van der Waals surface area contributed by atoms with E-state index in [2.05, 4.69) is 30.9 Å². The van der Waals surface area contributed by atoms with Crippen molar-refractivity contribution in [3.63, 3.8) is 0 Å². The first-order chi connectivity index (χ1) is 18.1. The second-order valence-corrected chi connectivity index (χ2v) is 12.5. The zero-order chi connectivity index (χ0) is 27.0. The summed E-state index contributed by atoms with van der Waals surface area (Å²) in [4.78, 5) is 23.6. The highest BCUT2D eigenvalue weighted by Gasteiger charge is 2.35. The Labute approximate surface area is 229 Å². The molecule has 1 fully saturated rings. The van der Waals surface area contributed by atoms with Gasteiger partial charge in [0, 0.05) is 34.6 Å². The maximum Gasteiger partial charge on any atom is 0.333 e. The maximum atomic E-state index is 13.6. The van der Waals surface area contributed by atoms with Crippen molar-refractivity contribution >= 4 is 44.8 Å². The van der Waals surface area contributed by atoms with E-state index in [9.17, 15) is 18.3 Å². The number of rotatable bonds is 8. The predicted octanol–water partition coefficient (Wildman–Crippen LogP) is 2.74. The van der Waals surface area contributed by atoms with E-state index in [0.717, 1.165) is 29.0 Å². The molecule has 3 aromatic rings. The van der Waals surface area contributed by atoms with E-state index < -0.39 is 22.3 Å². The smallest absolute Gasteiger partial charge is 0.333 e. The number of nitrogens with zero attached hydrogens (tertiary/aromatic N) is 2. The van der Waals surface area contributed by atoms with Gasteiger partial charge in [-0.3, -0.25) is 8.98 Å². The molecule has 202 valence electrons. The highest BCUT2D eigenvalue weighted by Crippen LogP contribution is 2.37. The number of anilines is 1. The molecule has 1 aromatic carbocycles. The van der Waals surface area contributed by atoms with Crippen molar-refractivity contribution < 1.29 is 22.5 Å². The summed E-state index contributed by atoms with van der Waals surface area (Å²) in [5.41, 5.74) is 3.71. The van der Waals surface area contributed by atoms with Gasteiger partial charge in [0.2, 0.25) is 5.78 Å². The van der Waals surface area contributed by atoms with Crippen LogP contribution in [0.3, 0.4) is 0 Å². The molecule has 2 aromatic heterocycles. The van der Waals surface area contributed by atoms with Gasteiger partial charge in [0.25, 0.3) is 0 Å². The summed E-state index contributed by atoms with van der Waals surface area (Å²) in [6.07, 6.45) is 3.73. The van der Waals surface area contributed by atoms with E-state index in [-0.39, 0.29) is 24.5 Å². The van der Waals surface area contributed by atoms with Crippen LogP contribution in [-0.2, 0) is 20.9 Å². The highest BCUT2D eigenvalue weighted by atomic mass is 35.5. The van der Waals surface area contributed by atoms with Gasteiger partial charge in [0.1, 0.15) is 12.1 Å². The Balaban J connectivity index is 1.35. The normalized spacial score (nSPS) is 23.3. The number of carbonyl (C=O) groups is 1. The summed E-state index contributed by atoms with van der Waals surface area (Å²) < 4.78 is 26.9. The quantitative estimate of drug-likeness (QED) is 0.295. The summed E-state index contributed by atoms with van der Waals surface area (Å²) in [6, 6.07) is 7.57. The minimum atomic E-state index is -4.10. The van der Waals surface area contributed by atoms with Crippen LogP contribution in [0.15, 0.2) is 36.8 Å². The second kappa shape index (κ2) is 11.0. The maximum absolute atomic E-state index is 13.6. The van der Waals surface area contributed by atoms with Crippen LogP contribution in [-0.4, -0.2) is 54.6 Å². The van der Waals surface area contributed by atoms with Gasteiger partial charge in [-0.1, -0.05) is 17.7 Å². The van der Waals surface area contributed by atoms with Gasteiger partial charge in [0.05, 0.1) is 29.2 Å². The fraction of sp³-hybridized carbons (Fsp3) is 0.400. The second-order valence-electron chi connectivity index (χ2n) is 9.63. The Bertz CT molecular complexity index is 1460. The first kappa shape index (κ1) is 27.1. The van der Waals surface area contributed by atoms with Crippen molar-refractivity contribution in [1.82, 2.24) is 15.3 Å². The summed E-state index contributed by atoms with van der Waals surface area (Å²) in [6.45, 7) is 2.62. The molecule has 0 spiro atoms. The van der Waals surface area contributed by atoms with Crippen LogP contribution < -0.4 is 15.8 Å². The minimum Gasteiger partial charge on any atom is -0.393 e. The Morgan fingerprint density at radius 2 is 2.13 bits per heavy atom. The lowest BCUT2D eigenvalue weighted by Gasteiger charge is -2.27. The molecular weight excluding hydrogens is 550 g/mol. The summed E-state index contributed by atoms with van der Waals surface area (Å²) >= 11 is 7.71. The Hall–Kier alpha value is -2.45. The van der Waals surface area contributed by atoms with Gasteiger partial charge in [0.15, 0.2) is 0 Å². The van der Waals surface area contributed by atoms with E-state index >= 15 is 0 Å². The van der Waals surface area contributed by atoms with Gasteiger partial charge in [-0.15, -0.1) is 11.3 Å². The lowest BCUT2D eigenvalue weighted by atomic mass is 9.90. The van der Waals surface area contributed by atoms with E-state index in [1.165, 1.54) is 29.4 Å². The van der Waals surface area contributed by atoms with Crippen LogP contribution in [0.25, 0.3) is 0 Å². The van der Waals surface area contributed by atoms with Crippen LogP contribution >= 0.6 is 22.9 Å². The number of aliphatic hydroxyl groups excluding tert-OH is 1.